The number of aromatic nitrogens is 4. The van der Waals surface area contributed by atoms with E-state index >= 15 is 4.39 Å². The Morgan fingerprint density at radius 1 is 0.956 bits per heavy atom. The van der Waals surface area contributed by atoms with Crippen molar-refractivity contribution in [2.24, 2.45) is 5.92 Å². The number of carbonyl (C=O) groups excluding carboxylic acids is 3. The molecule has 3 aromatic heterocycles. The number of benzene rings is 2. The van der Waals surface area contributed by atoms with Crippen molar-refractivity contribution in [3.8, 4) is 11.5 Å². The molecule has 0 saturated carbocycles. The maximum Gasteiger partial charge on any atom is 0.331 e. The van der Waals surface area contributed by atoms with Crippen molar-refractivity contribution >= 4 is 46.4 Å². The molecule has 0 radical (unpaired) electrons. The Hall–Kier alpha value is -5.92. The fourth-order valence-electron chi connectivity index (χ4n) is 4.83. The minimum absolute atomic E-state index is 0.0742. The Labute approximate surface area is 255 Å². The fourth-order valence-corrected chi connectivity index (χ4v) is 4.83. The summed E-state index contributed by atoms with van der Waals surface area (Å²) in [7, 11) is 0. The van der Waals surface area contributed by atoms with Gasteiger partial charge >= 0.3 is 6.03 Å². The molecule has 12 nitrogen and oxygen atoms in total. The van der Waals surface area contributed by atoms with Crippen LogP contribution in [-0.2, 0) is 9.59 Å². The number of fused-ring (bicyclic) bond motifs is 1. The molecule has 0 spiro atoms. The number of anilines is 4. The maximum atomic E-state index is 15.3. The molecule has 5 aromatic rings. The van der Waals surface area contributed by atoms with Gasteiger partial charge in [0.1, 0.15) is 17.3 Å². The molecule has 14 heteroatoms. The van der Waals surface area contributed by atoms with Gasteiger partial charge in [0.05, 0.1) is 23.8 Å². The van der Waals surface area contributed by atoms with E-state index in [2.05, 4.69) is 25.7 Å². The molecule has 1 fully saturated rings. The van der Waals surface area contributed by atoms with Crippen LogP contribution < -0.4 is 20.3 Å². The molecule has 1 saturated heterocycles. The molecular formula is C31H26F2N8O4. The van der Waals surface area contributed by atoms with E-state index < -0.39 is 35.4 Å². The topological polar surface area (TPSA) is 134 Å². The zero-order valence-electron chi connectivity index (χ0n) is 24.0. The molecule has 2 aromatic carbocycles. The van der Waals surface area contributed by atoms with Crippen LogP contribution in [0.4, 0.5) is 36.6 Å². The third kappa shape index (κ3) is 5.98. The molecule has 0 aliphatic carbocycles. The summed E-state index contributed by atoms with van der Waals surface area (Å²) in [5, 5.41) is 9.85. The van der Waals surface area contributed by atoms with Gasteiger partial charge < -0.3 is 20.3 Å². The number of hydrogen-bond donors (Lipinski definition) is 2. The van der Waals surface area contributed by atoms with Gasteiger partial charge in [-0.2, -0.15) is 5.10 Å². The highest BCUT2D eigenvalue weighted by Gasteiger charge is 2.44. The second-order valence-electron chi connectivity index (χ2n) is 10.4. The Morgan fingerprint density at radius 2 is 1.71 bits per heavy atom. The number of urea groups is 1. The zero-order valence-corrected chi connectivity index (χ0v) is 24.0. The van der Waals surface area contributed by atoms with Crippen LogP contribution in [0.25, 0.3) is 5.52 Å². The van der Waals surface area contributed by atoms with Gasteiger partial charge in [-0.15, -0.1) is 0 Å². The van der Waals surface area contributed by atoms with E-state index in [1.165, 1.54) is 29.2 Å². The van der Waals surface area contributed by atoms with E-state index in [4.69, 9.17) is 4.74 Å². The smallest absolute Gasteiger partial charge is 0.331 e. The third-order valence-corrected chi connectivity index (χ3v) is 7.07. The van der Waals surface area contributed by atoms with Gasteiger partial charge in [0, 0.05) is 42.8 Å². The van der Waals surface area contributed by atoms with Crippen molar-refractivity contribution < 1.29 is 27.9 Å². The van der Waals surface area contributed by atoms with Gasteiger partial charge in [0.25, 0.3) is 0 Å². The highest BCUT2D eigenvalue weighted by molar-refractivity contribution is 6.23. The predicted molar refractivity (Wildman–Crippen MR) is 160 cm³/mol. The van der Waals surface area contributed by atoms with Crippen molar-refractivity contribution in [3.05, 3.63) is 97.1 Å². The molecule has 2 N–H and O–H groups in total. The third-order valence-electron chi connectivity index (χ3n) is 7.07. The first-order chi connectivity index (χ1) is 21.7. The normalized spacial score (nSPS) is 15.1. The number of carbonyl (C=O) groups is 3. The van der Waals surface area contributed by atoms with Gasteiger partial charge in [-0.25, -0.2) is 33.0 Å². The molecule has 6 rings (SSSR count). The molecule has 1 atom stereocenters. The van der Waals surface area contributed by atoms with Crippen LogP contribution in [0.3, 0.4) is 0 Å². The summed E-state index contributed by atoms with van der Waals surface area (Å²) < 4.78 is 36.3. The first-order valence-electron chi connectivity index (χ1n) is 13.9. The van der Waals surface area contributed by atoms with Gasteiger partial charge in [-0.1, -0.05) is 0 Å². The molecule has 4 amide bonds. The quantitative estimate of drug-likeness (QED) is 0.224. The number of halogens is 2. The summed E-state index contributed by atoms with van der Waals surface area (Å²) in [5.74, 6) is -3.62. The summed E-state index contributed by atoms with van der Waals surface area (Å²) in [6.07, 6.45) is 6.43. The van der Waals surface area contributed by atoms with Crippen molar-refractivity contribution in [2.75, 3.05) is 22.1 Å². The summed E-state index contributed by atoms with van der Waals surface area (Å²) in [6, 6.07) is 12.7. The molecular weight excluding hydrogens is 586 g/mol. The highest BCUT2D eigenvalue weighted by Crippen LogP contribution is 2.33. The van der Waals surface area contributed by atoms with Crippen LogP contribution in [0.1, 0.15) is 13.8 Å². The minimum atomic E-state index is -1.30. The van der Waals surface area contributed by atoms with E-state index in [1.807, 2.05) is 0 Å². The number of nitrogens with one attached hydrogen (secondary N) is 2. The number of ether oxygens (including phenoxy) is 1. The van der Waals surface area contributed by atoms with Gasteiger partial charge in [-0.3, -0.25) is 9.59 Å². The average molecular weight is 613 g/mol. The van der Waals surface area contributed by atoms with Crippen molar-refractivity contribution in [3.63, 3.8) is 0 Å². The van der Waals surface area contributed by atoms with Gasteiger partial charge in [-0.05, 0) is 62.4 Å². The lowest BCUT2D eigenvalue weighted by Gasteiger charge is -2.39. The first kappa shape index (κ1) is 29.2. The zero-order chi connectivity index (χ0) is 31.7. The predicted octanol–water partition coefficient (Wildman–Crippen LogP) is 5.37. The van der Waals surface area contributed by atoms with E-state index in [9.17, 15) is 18.8 Å². The largest absolute Gasteiger partial charge is 0.452 e. The second-order valence-corrected chi connectivity index (χ2v) is 10.4. The van der Waals surface area contributed by atoms with Crippen LogP contribution in [0.15, 0.2) is 85.5 Å². The average Bonchev–Trinajstić information content (AvgIpc) is 3.49. The van der Waals surface area contributed by atoms with Crippen LogP contribution in [0.2, 0.25) is 0 Å². The Morgan fingerprint density at radius 3 is 2.42 bits per heavy atom. The molecule has 45 heavy (non-hydrogen) atoms. The van der Waals surface area contributed by atoms with Crippen LogP contribution in [-0.4, -0.2) is 54.9 Å². The van der Waals surface area contributed by atoms with Gasteiger partial charge in [0.15, 0.2) is 17.3 Å². The Bertz CT molecular complexity index is 1900. The fraction of sp³-hybridized carbons (Fsp3) is 0.161. The summed E-state index contributed by atoms with van der Waals surface area (Å²) in [5.41, 5.74) is 1.31. The number of hydrogen-bond acceptors (Lipinski definition) is 8. The number of nitrogens with zero attached hydrogens (tertiary/aromatic N) is 6. The summed E-state index contributed by atoms with van der Waals surface area (Å²) in [6.45, 7) is 3.32. The Balaban J connectivity index is 1.21. The van der Waals surface area contributed by atoms with Crippen LogP contribution >= 0.6 is 0 Å². The van der Waals surface area contributed by atoms with E-state index in [-0.39, 0.29) is 35.5 Å². The summed E-state index contributed by atoms with van der Waals surface area (Å²) in [4.78, 5) is 50.3. The van der Waals surface area contributed by atoms with Gasteiger partial charge in [0.2, 0.25) is 17.8 Å². The second kappa shape index (κ2) is 12.0. The van der Waals surface area contributed by atoms with Crippen LogP contribution in [0.5, 0.6) is 11.5 Å². The number of rotatable bonds is 8. The number of pyridine rings is 1. The van der Waals surface area contributed by atoms with Crippen molar-refractivity contribution in [2.45, 2.75) is 19.9 Å². The minimum Gasteiger partial charge on any atom is -0.452 e. The lowest BCUT2D eigenvalue weighted by molar-refractivity contribution is -0.132. The first-order valence-corrected chi connectivity index (χ1v) is 13.9. The Kier molecular flexibility index (Phi) is 7.77. The lowest BCUT2D eigenvalue weighted by Crippen LogP contribution is -2.61. The van der Waals surface area contributed by atoms with E-state index in [0.29, 0.717) is 17.2 Å². The number of amides is 4. The van der Waals surface area contributed by atoms with Crippen molar-refractivity contribution in [1.29, 1.82) is 0 Å². The van der Waals surface area contributed by atoms with E-state index in [1.54, 1.807) is 61.3 Å². The highest BCUT2D eigenvalue weighted by atomic mass is 19.1. The standard InChI is InChI=1S/C31H26F2N8O4/c1-18(2)39-17-23(29(43)41(31(39)44)22-7-4-19(32)5-8-22)28(42)37-20-6-9-26(24(33)14-20)45-27-15-21(16-40-25(27)10-13-36-40)38-30-34-11-3-12-35-30/h3-16,18,23H,17H2,1-2H3,(H,37,42)(H,34,35,38). The number of imide groups is 1. The molecule has 0 bridgehead atoms. The summed E-state index contributed by atoms with van der Waals surface area (Å²) >= 11 is 0. The molecule has 1 aliphatic heterocycles. The molecule has 1 aliphatic rings. The van der Waals surface area contributed by atoms with Crippen LogP contribution in [0, 0.1) is 17.6 Å². The van der Waals surface area contributed by atoms with Crippen molar-refractivity contribution in [1.82, 2.24) is 24.5 Å². The maximum absolute atomic E-state index is 15.3. The SMILES string of the molecule is CC(C)N1CC(C(=O)Nc2ccc(Oc3cc(Nc4ncccn4)cn4nccc34)c(F)c2)C(=O)N(c2ccc(F)cc2)C1=O. The van der Waals surface area contributed by atoms with E-state index in [0.717, 1.165) is 23.1 Å². The lowest BCUT2D eigenvalue weighted by atomic mass is 10.0. The molecule has 4 heterocycles. The molecule has 1 unspecified atom stereocenters. The monoisotopic (exact) mass is 612 g/mol. The molecule has 228 valence electrons.